The molecule has 0 bridgehead atoms. The van der Waals surface area contributed by atoms with Gasteiger partial charge in [0.05, 0.1) is 12.0 Å². The molecule has 2 aromatic carbocycles. The molecule has 7 nitrogen and oxygen atoms in total. The summed E-state index contributed by atoms with van der Waals surface area (Å²) in [7, 11) is 0. The maximum absolute atomic E-state index is 12.5. The van der Waals surface area contributed by atoms with Crippen LogP contribution in [-0.4, -0.2) is 18.2 Å². The predicted molar refractivity (Wildman–Crippen MR) is 109 cm³/mol. The lowest BCUT2D eigenvalue weighted by Crippen LogP contribution is -2.21. The van der Waals surface area contributed by atoms with E-state index in [0.29, 0.717) is 16.5 Å². The van der Waals surface area contributed by atoms with Gasteiger partial charge in [0, 0.05) is 23.6 Å². The number of hydrogen-bond donors (Lipinski definition) is 1. The van der Waals surface area contributed by atoms with Crippen LogP contribution in [0.25, 0.3) is 11.0 Å². The zero-order valence-electron chi connectivity index (χ0n) is 17.3. The summed E-state index contributed by atoms with van der Waals surface area (Å²) in [5.74, 6) is -1.24. The van der Waals surface area contributed by atoms with Crippen molar-refractivity contribution >= 4 is 28.5 Å². The van der Waals surface area contributed by atoms with Crippen molar-refractivity contribution in [2.75, 3.05) is 5.32 Å². The van der Waals surface area contributed by atoms with Gasteiger partial charge in [0.2, 0.25) is 5.91 Å². The quantitative estimate of drug-likeness (QED) is 0.352. The first kappa shape index (κ1) is 22.9. The molecule has 0 aliphatic rings. The predicted octanol–water partition coefficient (Wildman–Crippen LogP) is 4.41. The van der Waals surface area contributed by atoms with Gasteiger partial charge in [-0.1, -0.05) is 0 Å². The van der Waals surface area contributed by atoms with E-state index in [1.807, 2.05) is 0 Å². The number of anilines is 1. The van der Waals surface area contributed by atoms with E-state index in [9.17, 15) is 27.6 Å². The summed E-state index contributed by atoms with van der Waals surface area (Å²) < 4.78 is 51.0. The van der Waals surface area contributed by atoms with E-state index < -0.39 is 29.6 Å². The molecule has 0 spiro atoms. The first-order valence-corrected chi connectivity index (χ1v) is 9.34. The maximum atomic E-state index is 12.5. The zero-order chi connectivity index (χ0) is 23.6. The average Bonchev–Trinajstić information content (AvgIpc) is 2.68. The number of alkyl halides is 3. The fourth-order valence-electron chi connectivity index (χ4n) is 3.15. The third-order valence-electron chi connectivity index (χ3n) is 4.62. The van der Waals surface area contributed by atoms with Crippen molar-refractivity contribution in [2.24, 2.45) is 0 Å². The number of halogens is 3. The van der Waals surface area contributed by atoms with Gasteiger partial charge in [-0.25, -0.2) is 4.79 Å². The Morgan fingerprint density at radius 3 is 2.28 bits per heavy atom. The van der Waals surface area contributed by atoms with Crippen LogP contribution in [0.4, 0.5) is 18.9 Å². The average molecular weight is 449 g/mol. The molecule has 0 unspecified atom stereocenters. The second-order valence-corrected chi connectivity index (χ2v) is 6.95. The number of carbonyl (C=O) groups is 2. The molecule has 1 N–H and O–H groups in total. The summed E-state index contributed by atoms with van der Waals surface area (Å²) in [6.45, 7) is 4.56. The van der Waals surface area contributed by atoms with Crippen LogP contribution in [0.1, 0.15) is 23.6 Å². The molecule has 32 heavy (non-hydrogen) atoms. The van der Waals surface area contributed by atoms with Gasteiger partial charge in [-0.05, 0) is 55.8 Å². The Hall–Kier alpha value is -3.82. The standard InChI is InChI=1S/C22H18F3NO6/c1-11-16-8-9-18(30-13(3)27)12(2)20(16)31-21(29)17(11)10-19(28)26-14-4-6-15(7-5-14)32-22(23,24)25/h4-9H,10H2,1-3H3,(H,26,28). The molecule has 10 heteroatoms. The lowest BCUT2D eigenvalue weighted by atomic mass is 10.0. The second kappa shape index (κ2) is 8.74. The van der Waals surface area contributed by atoms with Gasteiger partial charge >= 0.3 is 18.0 Å². The van der Waals surface area contributed by atoms with Crippen molar-refractivity contribution in [1.82, 2.24) is 0 Å². The highest BCUT2D eigenvalue weighted by Gasteiger charge is 2.31. The third kappa shape index (κ3) is 5.26. The van der Waals surface area contributed by atoms with Crippen molar-refractivity contribution < 1.29 is 36.7 Å². The Morgan fingerprint density at radius 1 is 1.03 bits per heavy atom. The number of fused-ring (bicyclic) bond motifs is 1. The van der Waals surface area contributed by atoms with Gasteiger partial charge in [0.25, 0.3) is 0 Å². The van der Waals surface area contributed by atoms with Crippen LogP contribution in [0.15, 0.2) is 45.6 Å². The minimum Gasteiger partial charge on any atom is -0.426 e. The molecular formula is C22H18F3NO6. The van der Waals surface area contributed by atoms with E-state index in [1.165, 1.54) is 19.1 Å². The number of nitrogens with one attached hydrogen (secondary N) is 1. The van der Waals surface area contributed by atoms with Gasteiger partial charge in [0.15, 0.2) is 0 Å². The number of esters is 1. The molecule has 0 saturated heterocycles. The molecule has 168 valence electrons. The highest BCUT2D eigenvalue weighted by molar-refractivity contribution is 5.94. The molecule has 0 fully saturated rings. The summed E-state index contributed by atoms with van der Waals surface area (Å²) in [6, 6.07) is 7.80. The molecule has 0 aliphatic heterocycles. The van der Waals surface area contributed by atoms with Crippen LogP contribution < -0.4 is 20.4 Å². The van der Waals surface area contributed by atoms with E-state index in [-0.39, 0.29) is 29.0 Å². The Morgan fingerprint density at radius 2 is 1.69 bits per heavy atom. The summed E-state index contributed by atoms with van der Waals surface area (Å²) in [6.07, 6.45) is -5.13. The second-order valence-electron chi connectivity index (χ2n) is 6.95. The van der Waals surface area contributed by atoms with E-state index in [0.717, 1.165) is 12.1 Å². The van der Waals surface area contributed by atoms with Crippen LogP contribution in [-0.2, 0) is 16.0 Å². The highest BCUT2D eigenvalue weighted by atomic mass is 19.4. The summed E-state index contributed by atoms with van der Waals surface area (Å²) in [5, 5.41) is 3.09. The van der Waals surface area contributed by atoms with Crippen LogP contribution in [0.5, 0.6) is 11.5 Å². The van der Waals surface area contributed by atoms with Gasteiger partial charge in [-0.2, -0.15) is 0 Å². The molecular weight excluding hydrogens is 431 g/mol. The van der Waals surface area contributed by atoms with Crippen LogP contribution in [0.2, 0.25) is 0 Å². The van der Waals surface area contributed by atoms with Crippen molar-refractivity contribution in [2.45, 2.75) is 33.6 Å². The summed E-state index contributed by atoms with van der Waals surface area (Å²) in [5.41, 5.74) is 0.881. The molecule has 1 amide bonds. The fraction of sp³-hybridized carbons (Fsp3) is 0.227. The number of carbonyl (C=O) groups excluding carboxylic acids is 2. The van der Waals surface area contributed by atoms with E-state index in [1.54, 1.807) is 26.0 Å². The first-order chi connectivity index (χ1) is 14.9. The largest absolute Gasteiger partial charge is 0.573 e. The van der Waals surface area contributed by atoms with E-state index in [2.05, 4.69) is 10.1 Å². The first-order valence-electron chi connectivity index (χ1n) is 9.34. The maximum Gasteiger partial charge on any atom is 0.573 e. The van der Waals surface area contributed by atoms with Crippen LogP contribution >= 0.6 is 0 Å². The molecule has 1 aromatic heterocycles. The molecule has 0 atom stereocenters. The van der Waals surface area contributed by atoms with Crippen molar-refractivity contribution in [1.29, 1.82) is 0 Å². The summed E-state index contributed by atoms with van der Waals surface area (Å²) >= 11 is 0. The number of aryl methyl sites for hydroxylation is 2. The lowest BCUT2D eigenvalue weighted by Gasteiger charge is -2.12. The Balaban J connectivity index is 1.81. The van der Waals surface area contributed by atoms with Crippen LogP contribution in [0.3, 0.4) is 0 Å². The molecule has 3 aromatic rings. The topological polar surface area (TPSA) is 94.8 Å². The summed E-state index contributed by atoms with van der Waals surface area (Å²) in [4.78, 5) is 36.2. The van der Waals surface area contributed by atoms with E-state index in [4.69, 9.17) is 9.15 Å². The van der Waals surface area contributed by atoms with E-state index >= 15 is 0 Å². The van der Waals surface area contributed by atoms with Crippen molar-refractivity contribution in [3.8, 4) is 11.5 Å². The zero-order valence-corrected chi connectivity index (χ0v) is 17.3. The Labute approximate surface area is 179 Å². The lowest BCUT2D eigenvalue weighted by molar-refractivity contribution is -0.274. The van der Waals surface area contributed by atoms with Crippen molar-refractivity contribution in [3.05, 3.63) is 63.5 Å². The third-order valence-corrected chi connectivity index (χ3v) is 4.62. The monoisotopic (exact) mass is 449 g/mol. The minimum absolute atomic E-state index is 0.131. The molecule has 0 saturated carbocycles. The van der Waals surface area contributed by atoms with Gasteiger partial charge in [-0.15, -0.1) is 13.2 Å². The van der Waals surface area contributed by atoms with Crippen LogP contribution in [0, 0.1) is 13.8 Å². The fourth-order valence-corrected chi connectivity index (χ4v) is 3.15. The molecule has 0 radical (unpaired) electrons. The normalized spacial score (nSPS) is 11.3. The van der Waals surface area contributed by atoms with Crippen molar-refractivity contribution in [3.63, 3.8) is 0 Å². The number of rotatable bonds is 5. The minimum atomic E-state index is -4.82. The number of ether oxygens (including phenoxy) is 2. The van der Waals surface area contributed by atoms with Gasteiger partial charge in [-0.3, -0.25) is 9.59 Å². The Kier molecular flexibility index (Phi) is 6.24. The molecule has 1 heterocycles. The van der Waals surface area contributed by atoms with Gasteiger partial charge < -0.3 is 19.2 Å². The number of benzene rings is 2. The Bertz CT molecular complexity index is 1250. The van der Waals surface area contributed by atoms with Gasteiger partial charge in [0.1, 0.15) is 17.1 Å². The highest BCUT2D eigenvalue weighted by Crippen LogP contribution is 2.30. The SMILES string of the molecule is CC(=O)Oc1ccc2c(C)c(CC(=O)Nc3ccc(OC(F)(F)F)cc3)c(=O)oc2c1C. The number of hydrogen-bond acceptors (Lipinski definition) is 6. The number of amides is 1. The molecule has 0 aliphatic carbocycles. The molecule has 3 rings (SSSR count). The smallest absolute Gasteiger partial charge is 0.426 e.